The van der Waals surface area contributed by atoms with Gasteiger partial charge >= 0.3 is 0 Å². The predicted octanol–water partition coefficient (Wildman–Crippen LogP) is 3.64. The van der Waals surface area contributed by atoms with Gasteiger partial charge in [0.25, 0.3) is 0 Å². The predicted molar refractivity (Wildman–Crippen MR) is 89.5 cm³/mol. The molecule has 0 bridgehead atoms. The molecule has 0 fully saturated rings. The van der Waals surface area contributed by atoms with Gasteiger partial charge in [0.1, 0.15) is 5.75 Å². The van der Waals surface area contributed by atoms with Gasteiger partial charge in [-0.2, -0.15) is 0 Å². The van der Waals surface area contributed by atoms with Gasteiger partial charge in [0.15, 0.2) is 0 Å². The molecule has 0 heterocycles. The fourth-order valence-corrected chi connectivity index (χ4v) is 2.42. The Labute approximate surface area is 135 Å². The fourth-order valence-electron chi connectivity index (χ4n) is 2.12. The number of hydrogen-bond donors (Lipinski definition) is 2. The van der Waals surface area contributed by atoms with Crippen LogP contribution in [0.5, 0.6) is 5.75 Å². The quantitative estimate of drug-likeness (QED) is 0.855. The average molecular weight is 319 g/mol. The summed E-state index contributed by atoms with van der Waals surface area (Å²) in [5.41, 5.74) is 1.62. The van der Waals surface area contributed by atoms with Gasteiger partial charge in [0, 0.05) is 11.1 Å². The second-order valence-corrected chi connectivity index (χ2v) is 5.28. The Hall–Kier alpha value is -2.04. The topological polar surface area (TPSA) is 50.4 Å². The van der Waals surface area contributed by atoms with Crippen molar-refractivity contribution in [3.05, 3.63) is 59.1 Å². The van der Waals surface area contributed by atoms with E-state index in [1.54, 1.807) is 19.2 Å². The van der Waals surface area contributed by atoms with E-state index in [9.17, 15) is 4.79 Å². The molecule has 1 atom stereocenters. The van der Waals surface area contributed by atoms with E-state index in [0.29, 0.717) is 16.5 Å². The number of hydrogen-bond acceptors (Lipinski definition) is 3. The molecule has 116 valence electrons. The summed E-state index contributed by atoms with van der Waals surface area (Å²) in [5.74, 6) is 0.499. The van der Waals surface area contributed by atoms with E-state index in [1.807, 2.05) is 43.3 Å². The SMILES string of the molecule is COc1ccccc1NC(=O)CNC(C)c1ccccc1Cl. The van der Waals surface area contributed by atoms with Crippen LogP contribution in [-0.4, -0.2) is 19.6 Å². The molecule has 4 nitrogen and oxygen atoms in total. The molecule has 5 heteroatoms. The van der Waals surface area contributed by atoms with Crippen LogP contribution in [0.25, 0.3) is 0 Å². The van der Waals surface area contributed by atoms with Gasteiger partial charge < -0.3 is 15.4 Å². The number of halogens is 1. The van der Waals surface area contributed by atoms with Crippen molar-refractivity contribution in [1.29, 1.82) is 0 Å². The lowest BCUT2D eigenvalue weighted by Crippen LogP contribution is -2.30. The molecular weight excluding hydrogens is 300 g/mol. The monoisotopic (exact) mass is 318 g/mol. The third-order valence-corrected chi connectivity index (χ3v) is 3.67. The number of carbonyl (C=O) groups is 1. The second kappa shape index (κ2) is 7.82. The molecule has 0 aliphatic carbocycles. The van der Waals surface area contributed by atoms with Crippen LogP contribution in [0.4, 0.5) is 5.69 Å². The molecule has 2 aromatic carbocycles. The molecular formula is C17H19ClN2O2. The highest BCUT2D eigenvalue weighted by Gasteiger charge is 2.11. The Morgan fingerprint density at radius 1 is 1.18 bits per heavy atom. The molecule has 2 aromatic rings. The van der Waals surface area contributed by atoms with E-state index in [1.165, 1.54) is 0 Å². The Kier molecular flexibility index (Phi) is 5.81. The number of rotatable bonds is 6. The highest BCUT2D eigenvalue weighted by atomic mass is 35.5. The number of methoxy groups -OCH3 is 1. The van der Waals surface area contributed by atoms with Crippen molar-refractivity contribution in [3.8, 4) is 5.75 Å². The van der Waals surface area contributed by atoms with E-state index in [4.69, 9.17) is 16.3 Å². The average Bonchev–Trinajstić information content (AvgIpc) is 2.53. The number of anilines is 1. The van der Waals surface area contributed by atoms with Gasteiger partial charge in [-0.1, -0.05) is 41.9 Å². The molecule has 0 saturated carbocycles. The second-order valence-electron chi connectivity index (χ2n) is 4.87. The molecule has 0 spiro atoms. The standard InChI is InChI=1S/C17H19ClN2O2/c1-12(13-7-3-4-8-14(13)18)19-11-17(21)20-15-9-5-6-10-16(15)22-2/h3-10,12,19H,11H2,1-2H3,(H,20,21). The molecule has 1 amide bonds. The van der Waals surface area contributed by atoms with Crippen LogP contribution in [0.2, 0.25) is 5.02 Å². The lowest BCUT2D eigenvalue weighted by Gasteiger charge is -2.16. The molecule has 0 radical (unpaired) electrons. The Morgan fingerprint density at radius 2 is 1.86 bits per heavy atom. The van der Waals surface area contributed by atoms with Gasteiger partial charge in [-0.05, 0) is 30.7 Å². The van der Waals surface area contributed by atoms with Crippen LogP contribution in [0.1, 0.15) is 18.5 Å². The number of para-hydroxylation sites is 2. The Balaban J connectivity index is 1.92. The number of nitrogens with one attached hydrogen (secondary N) is 2. The van der Waals surface area contributed by atoms with Gasteiger partial charge in [-0.25, -0.2) is 0 Å². The molecule has 0 aromatic heterocycles. The molecule has 0 aliphatic heterocycles. The van der Waals surface area contributed by atoms with Gasteiger partial charge in [0.05, 0.1) is 19.3 Å². The summed E-state index contributed by atoms with van der Waals surface area (Å²) in [6.07, 6.45) is 0. The maximum atomic E-state index is 12.0. The Morgan fingerprint density at radius 3 is 2.59 bits per heavy atom. The van der Waals surface area contributed by atoms with Crippen LogP contribution < -0.4 is 15.4 Å². The zero-order valence-electron chi connectivity index (χ0n) is 12.6. The highest BCUT2D eigenvalue weighted by Crippen LogP contribution is 2.23. The van der Waals surface area contributed by atoms with Crippen LogP contribution >= 0.6 is 11.6 Å². The molecule has 1 unspecified atom stereocenters. The fraction of sp³-hybridized carbons (Fsp3) is 0.235. The van der Waals surface area contributed by atoms with Crippen LogP contribution in [0.3, 0.4) is 0 Å². The normalized spacial score (nSPS) is 11.8. The van der Waals surface area contributed by atoms with Gasteiger partial charge in [-0.15, -0.1) is 0 Å². The van der Waals surface area contributed by atoms with Crippen molar-refractivity contribution < 1.29 is 9.53 Å². The molecule has 0 aliphatic rings. The Bertz CT molecular complexity index is 646. The number of benzene rings is 2. The lowest BCUT2D eigenvalue weighted by atomic mass is 10.1. The van der Waals surface area contributed by atoms with Crippen molar-refractivity contribution >= 4 is 23.2 Å². The van der Waals surface area contributed by atoms with Crippen LogP contribution in [0.15, 0.2) is 48.5 Å². The highest BCUT2D eigenvalue weighted by molar-refractivity contribution is 6.31. The zero-order valence-corrected chi connectivity index (χ0v) is 13.4. The molecule has 2 rings (SSSR count). The first-order chi connectivity index (χ1) is 10.6. The number of carbonyl (C=O) groups excluding carboxylic acids is 1. The van der Waals surface area contributed by atoms with E-state index in [2.05, 4.69) is 10.6 Å². The minimum atomic E-state index is -0.136. The third-order valence-electron chi connectivity index (χ3n) is 3.32. The van der Waals surface area contributed by atoms with E-state index in [0.717, 1.165) is 5.56 Å². The van der Waals surface area contributed by atoms with Crippen molar-refractivity contribution in [2.24, 2.45) is 0 Å². The minimum absolute atomic E-state index is 0.0166. The van der Waals surface area contributed by atoms with Gasteiger partial charge in [-0.3, -0.25) is 4.79 Å². The smallest absolute Gasteiger partial charge is 0.238 e. The first-order valence-electron chi connectivity index (χ1n) is 7.02. The molecule has 2 N–H and O–H groups in total. The summed E-state index contributed by atoms with van der Waals surface area (Å²) in [7, 11) is 1.57. The molecule has 0 saturated heterocycles. The zero-order chi connectivity index (χ0) is 15.9. The summed E-state index contributed by atoms with van der Waals surface area (Å²) in [5, 5.41) is 6.67. The summed E-state index contributed by atoms with van der Waals surface area (Å²) in [6.45, 7) is 2.15. The maximum Gasteiger partial charge on any atom is 0.238 e. The first-order valence-corrected chi connectivity index (χ1v) is 7.40. The van der Waals surface area contributed by atoms with E-state index in [-0.39, 0.29) is 18.5 Å². The van der Waals surface area contributed by atoms with Crippen molar-refractivity contribution in [1.82, 2.24) is 5.32 Å². The summed E-state index contributed by atoms with van der Waals surface area (Å²) in [4.78, 5) is 12.0. The van der Waals surface area contributed by atoms with Gasteiger partial charge in [0.2, 0.25) is 5.91 Å². The van der Waals surface area contributed by atoms with E-state index < -0.39 is 0 Å². The number of ether oxygens (including phenoxy) is 1. The van der Waals surface area contributed by atoms with Crippen molar-refractivity contribution in [3.63, 3.8) is 0 Å². The van der Waals surface area contributed by atoms with Crippen molar-refractivity contribution in [2.45, 2.75) is 13.0 Å². The van der Waals surface area contributed by atoms with E-state index >= 15 is 0 Å². The number of amides is 1. The molecule has 22 heavy (non-hydrogen) atoms. The summed E-state index contributed by atoms with van der Waals surface area (Å²) in [6, 6.07) is 14.9. The largest absolute Gasteiger partial charge is 0.495 e. The van der Waals surface area contributed by atoms with Crippen LogP contribution in [-0.2, 0) is 4.79 Å². The minimum Gasteiger partial charge on any atom is -0.495 e. The summed E-state index contributed by atoms with van der Waals surface area (Å²) >= 11 is 6.15. The van der Waals surface area contributed by atoms with Crippen molar-refractivity contribution in [2.75, 3.05) is 19.0 Å². The van der Waals surface area contributed by atoms with Crippen LogP contribution in [0, 0.1) is 0 Å². The lowest BCUT2D eigenvalue weighted by molar-refractivity contribution is -0.115. The third kappa shape index (κ3) is 4.23. The first kappa shape index (κ1) is 16.3. The maximum absolute atomic E-state index is 12.0. The summed E-state index contributed by atoms with van der Waals surface area (Å²) < 4.78 is 5.20.